The molecule has 2 aliphatic heterocycles. The third-order valence-electron chi connectivity index (χ3n) is 3.29. The monoisotopic (exact) mass is 211 g/mol. The zero-order valence-electron chi connectivity index (χ0n) is 9.70. The Morgan fingerprint density at radius 2 is 2.53 bits per heavy atom. The predicted octanol–water partition coefficient (Wildman–Crippen LogP) is 0.835. The number of nitrogens with one attached hydrogen (secondary N) is 1. The first-order chi connectivity index (χ1) is 7.35. The van der Waals surface area contributed by atoms with E-state index in [4.69, 9.17) is 4.74 Å². The molecule has 0 amide bonds. The van der Waals surface area contributed by atoms with E-state index in [1.165, 1.54) is 19.4 Å². The largest absolute Gasteiger partial charge is 0.383 e. The minimum Gasteiger partial charge on any atom is -0.383 e. The van der Waals surface area contributed by atoms with Gasteiger partial charge in [-0.15, -0.1) is 0 Å². The molecule has 1 fully saturated rings. The van der Waals surface area contributed by atoms with Crippen molar-refractivity contribution in [3.05, 3.63) is 0 Å². The van der Waals surface area contributed by atoms with Crippen LogP contribution in [0.4, 0.5) is 0 Å². The van der Waals surface area contributed by atoms with Crippen LogP contribution < -0.4 is 5.32 Å². The van der Waals surface area contributed by atoms with Crippen molar-refractivity contribution in [2.45, 2.75) is 38.3 Å². The molecular weight excluding hydrogens is 190 g/mol. The van der Waals surface area contributed by atoms with Gasteiger partial charge in [-0.25, -0.2) is 0 Å². The average molecular weight is 211 g/mol. The van der Waals surface area contributed by atoms with Crippen LogP contribution in [0.3, 0.4) is 0 Å². The number of hydrogen-bond acceptors (Lipinski definition) is 4. The molecule has 15 heavy (non-hydrogen) atoms. The van der Waals surface area contributed by atoms with E-state index in [2.05, 4.69) is 22.1 Å². The second-order valence-corrected chi connectivity index (χ2v) is 4.36. The van der Waals surface area contributed by atoms with Crippen molar-refractivity contribution >= 4 is 5.96 Å². The minimum atomic E-state index is 0.396. The maximum absolute atomic E-state index is 5.18. The number of aliphatic imine (C=N–C) groups is 1. The third-order valence-corrected chi connectivity index (χ3v) is 3.29. The maximum Gasteiger partial charge on any atom is 0.194 e. The van der Waals surface area contributed by atoms with Crippen molar-refractivity contribution in [2.75, 3.05) is 26.8 Å². The molecule has 2 rings (SSSR count). The molecule has 0 unspecified atom stereocenters. The molecule has 0 aromatic heterocycles. The van der Waals surface area contributed by atoms with Crippen molar-refractivity contribution in [1.82, 2.24) is 10.2 Å². The van der Waals surface area contributed by atoms with Crippen LogP contribution in [-0.2, 0) is 4.74 Å². The van der Waals surface area contributed by atoms with Crippen LogP contribution in [-0.4, -0.2) is 49.7 Å². The Hall–Kier alpha value is -0.770. The molecule has 1 N–H and O–H groups in total. The quantitative estimate of drug-likeness (QED) is 0.748. The van der Waals surface area contributed by atoms with Crippen LogP contribution in [0, 0.1) is 0 Å². The van der Waals surface area contributed by atoms with Crippen molar-refractivity contribution in [2.24, 2.45) is 4.99 Å². The molecule has 4 nitrogen and oxygen atoms in total. The van der Waals surface area contributed by atoms with Crippen LogP contribution in [0.15, 0.2) is 4.99 Å². The highest BCUT2D eigenvalue weighted by Gasteiger charge is 2.32. The van der Waals surface area contributed by atoms with Gasteiger partial charge in [-0.05, 0) is 19.3 Å². The first-order valence-electron chi connectivity index (χ1n) is 5.91. The van der Waals surface area contributed by atoms with Crippen LogP contribution in [0.5, 0.6) is 0 Å². The Kier molecular flexibility index (Phi) is 3.46. The fourth-order valence-electron chi connectivity index (χ4n) is 2.36. The van der Waals surface area contributed by atoms with E-state index in [0.29, 0.717) is 12.1 Å². The van der Waals surface area contributed by atoms with Gasteiger partial charge in [0.05, 0.1) is 25.2 Å². The molecule has 2 heterocycles. The van der Waals surface area contributed by atoms with Crippen LogP contribution in [0.25, 0.3) is 0 Å². The highest BCUT2D eigenvalue weighted by Crippen LogP contribution is 2.22. The van der Waals surface area contributed by atoms with Gasteiger partial charge in [-0.3, -0.25) is 4.99 Å². The van der Waals surface area contributed by atoms with Gasteiger partial charge in [-0.1, -0.05) is 6.92 Å². The summed E-state index contributed by atoms with van der Waals surface area (Å²) >= 11 is 0. The lowest BCUT2D eigenvalue weighted by atomic mass is 10.2. The number of ether oxygens (including phenoxy) is 1. The third kappa shape index (κ3) is 2.25. The molecule has 0 aliphatic carbocycles. The molecule has 0 saturated carbocycles. The molecule has 0 spiro atoms. The van der Waals surface area contributed by atoms with E-state index in [9.17, 15) is 0 Å². The summed E-state index contributed by atoms with van der Waals surface area (Å²) in [6.07, 6.45) is 3.69. The van der Waals surface area contributed by atoms with Gasteiger partial charge in [0.2, 0.25) is 0 Å². The van der Waals surface area contributed by atoms with Gasteiger partial charge in [0.25, 0.3) is 0 Å². The summed E-state index contributed by atoms with van der Waals surface area (Å²) in [4.78, 5) is 6.98. The van der Waals surface area contributed by atoms with Crippen molar-refractivity contribution < 1.29 is 4.74 Å². The maximum atomic E-state index is 5.18. The summed E-state index contributed by atoms with van der Waals surface area (Å²) in [5.74, 6) is 1.10. The lowest BCUT2D eigenvalue weighted by Crippen LogP contribution is -2.46. The van der Waals surface area contributed by atoms with E-state index in [1.807, 2.05) is 0 Å². The molecule has 1 saturated heterocycles. The molecule has 0 bridgehead atoms. The van der Waals surface area contributed by atoms with E-state index >= 15 is 0 Å². The normalized spacial score (nSPS) is 26.4. The molecule has 0 aromatic rings. The van der Waals surface area contributed by atoms with Crippen molar-refractivity contribution in [3.63, 3.8) is 0 Å². The summed E-state index contributed by atoms with van der Waals surface area (Å²) in [6, 6.07) is 1.07. The molecular formula is C11H21N3O. The van der Waals surface area contributed by atoms with Gasteiger partial charge >= 0.3 is 0 Å². The van der Waals surface area contributed by atoms with Crippen molar-refractivity contribution in [3.8, 4) is 0 Å². The van der Waals surface area contributed by atoms with Gasteiger partial charge in [0.1, 0.15) is 0 Å². The second-order valence-electron chi connectivity index (χ2n) is 4.36. The lowest BCUT2D eigenvalue weighted by molar-refractivity contribution is 0.170. The first-order valence-corrected chi connectivity index (χ1v) is 5.91. The highest BCUT2D eigenvalue weighted by molar-refractivity contribution is 5.82. The molecule has 2 aliphatic rings. The zero-order chi connectivity index (χ0) is 10.7. The average Bonchev–Trinajstić information content (AvgIpc) is 2.81. The number of guanidine groups is 1. The van der Waals surface area contributed by atoms with E-state index in [-0.39, 0.29) is 0 Å². The molecule has 4 heteroatoms. The van der Waals surface area contributed by atoms with Gasteiger partial charge in [0, 0.05) is 13.7 Å². The standard InChI is InChI=1S/C11H21N3O/c1-3-9(8-15-2)13-11-12-7-10-5-4-6-14(10)11/h9-10H,3-8H2,1-2H3,(H,12,13)/t9-,10+/m0/s1. The number of rotatable bonds is 4. The molecule has 0 aromatic carbocycles. The summed E-state index contributed by atoms with van der Waals surface area (Å²) in [7, 11) is 1.75. The Morgan fingerprint density at radius 3 is 3.27 bits per heavy atom. The summed E-state index contributed by atoms with van der Waals surface area (Å²) in [5, 5.41) is 3.49. The van der Waals surface area contributed by atoms with Crippen LogP contribution >= 0.6 is 0 Å². The smallest absolute Gasteiger partial charge is 0.194 e. The van der Waals surface area contributed by atoms with E-state index in [0.717, 1.165) is 25.5 Å². The Labute approximate surface area is 91.7 Å². The zero-order valence-corrected chi connectivity index (χ0v) is 9.70. The highest BCUT2D eigenvalue weighted by atomic mass is 16.5. The Morgan fingerprint density at radius 1 is 1.67 bits per heavy atom. The fourth-order valence-corrected chi connectivity index (χ4v) is 2.36. The van der Waals surface area contributed by atoms with E-state index < -0.39 is 0 Å². The molecule has 86 valence electrons. The minimum absolute atomic E-state index is 0.396. The van der Waals surface area contributed by atoms with Crippen LogP contribution in [0.1, 0.15) is 26.2 Å². The predicted molar refractivity (Wildman–Crippen MR) is 61.1 cm³/mol. The Balaban J connectivity index is 1.88. The number of nitrogens with zero attached hydrogens (tertiary/aromatic N) is 2. The fraction of sp³-hybridized carbons (Fsp3) is 0.909. The summed E-state index contributed by atoms with van der Waals surface area (Å²) in [5.41, 5.74) is 0. The van der Waals surface area contributed by atoms with Gasteiger partial charge < -0.3 is 15.0 Å². The lowest BCUT2D eigenvalue weighted by Gasteiger charge is -2.24. The first kappa shape index (κ1) is 10.7. The van der Waals surface area contributed by atoms with Gasteiger partial charge in [0.15, 0.2) is 5.96 Å². The Bertz CT molecular complexity index is 242. The number of fused-ring (bicyclic) bond motifs is 1. The molecule has 2 atom stereocenters. The van der Waals surface area contributed by atoms with Gasteiger partial charge in [-0.2, -0.15) is 0 Å². The van der Waals surface area contributed by atoms with E-state index in [1.54, 1.807) is 7.11 Å². The van der Waals surface area contributed by atoms with Crippen LogP contribution in [0.2, 0.25) is 0 Å². The molecule has 0 radical (unpaired) electrons. The summed E-state index contributed by atoms with van der Waals surface area (Å²) < 4.78 is 5.18. The number of hydrogen-bond donors (Lipinski definition) is 1. The topological polar surface area (TPSA) is 36.9 Å². The SMILES string of the molecule is CC[C@@H](COC)NC1=NC[C@H]2CCCN12. The second kappa shape index (κ2) is 4.84. The summed E-state index contributed by atoms with van der Waals surface area (Å²) in [6.45, 7) is 5.08. The number of methoxy groups -OCH3 is 1. The van der Waals surface area contributed by atoms with Crippen molar-refractivity contribution in [1.29, 1.82) is 0 Å².